The Morgan fingerprint density at radius 3 is 3.17 bits per heavy atom. The first-order valence-electron chi connectivity index (χ1n) is 3.33. The summed E-state index contributed by atoms with van der Waals surface area (Å²) in [5, 5.41) is 17.7. The summed E-state index contributed by atoms with van der Waals surface area (Å²) in [5.41, 5.74) is 0. The predicted molar refractivity (Wildman–Crippen MR) is 44.6 cm³/mol. The van der Waals surface area contributed by atoms with Crippen LogP contribution in [0.1, 0.15) is 5.82 Å². The fourth-order valence-electron chi connectivity index (χ4n) is 0.627. The third-order valence-electron chi connectivity index (χ3n) is 1.07. The lowest BCUT2D eigenvalue weighted by Gasteiger charge is -1.96. The average Bonchev–Trinajstić information content (AvgIpc) is 2.15. The molecular formula is C7H7N3OS. The number of rotatable bonds is 3. The number of nitriles is 1. The minimum Gasteiger partial charge on any atom is -0.396 e. The van der Waals surface area contributed by atoms with Crippen molar-refractivity contribution in [2.24, 2.45) is 0 Å². The standard InChI is InChI=1S/C7H7N3OS/c8-5-6-9-2-1-7(10-6)12-4-3-11/h1-2,11H,3-4H2. The van der Waals surface area contributed by atoms with Crippen LogP contribution in [-0.2, 0) is 0 Å². The molecule has 12 heavy (non-hydrogen) atoms. The van der Waals surface area contributed by atoms with E-state index in [1.54, 1.807) is 6.07 Å². The Balaban J connectivity index is 2.68. The van der Waals surface area contributed by atoms with E-state index in [4.69, 9.17) is 10.4 Å². The molecule has 0 atom stereocenters. The molecule has 0 spiro atoms. The van der Waals surface area contributed by atoms with E-state index >= 15 is 0 Å². The second-order valence-electron chi connectivity index (χ2n) is 1.90. The van der Waals surface area contributed by atoms with Crippen LogP contribution in [-0.4, -0.2) is 27.4 Å². The van der Waals surface area contributed by atoms with Crippen molar-refractivity contribution in [1.82, 2.24) is 9.97 Å². The smallest absolute Gasteiger partial charge is 0.233 e. The molecule has 62 valence electrons. The summed E-state index contributed by atoms with van der Waals surface area (Å²) in [6.45, 7) is 0.108. The molecule has 0 bridgehead atoms. The maximum atomic E-state index is 8.52. The van der Waals surface area contributed by atoms with Gasteiger partial charge >= 0.3 is 0 Å². The fraction of sp³-hybridized carbons (Fsp3) is 0.286. The predicted octanol–water partition coefficient (Wildman–Crippen LogP) is 0.433. The van der Waals surface area contributed by atoms with E-state index in [-0.39, 0.29) is 12.4 Å². The van der Waals surface area contributed by atoms with Crippen molar-refractivity contribution in [1.29, 1.82) is 5.26 Å². The van der Waals surface area contributed by atoms with Gasteiger partial charge < -0.3 is 5.11 Å². The highest BCUT2D eigenvalue weighted by molar-refractivity contribution is 7.99. The quantitative estimate of drug-likeness (QED) is 0.541. The minimum atomic E-state index is 0.108. The summed E-state index contributed by atoms with van der Waals surface area (Å²) in [4.78, 5) is 7.63. The first-order chi connectivity index (χ1) is 5.86. The van der Waals surface area contributed by atoms with E-state index in [1.807, 2.05) is 6.07 Å². The molecule has 0 aromatic carbocycles. The monoisotopic (exact) mass is 181 g/mol. The van der Waals surface area contributed by atoms with E-state index in [0.717, 1.165) is 5.03 Å². The normalized spacial score (nSPS) is 9.33. The molecule has 0 radical (unpaired) electrons. The topological polar surface area (TPSA) is 69.8 Å². The number of aliphatic hydroxyl groups excluding tert-OH is 1. The Morgan fingerprint density at radius 1 is 1.67 bits per heavy atom. The summed E-state index contributed by atoms with van der Waals surface area (Å²) >= 11 is 1.40. The third-order valence-corrected chi connectivity index (χ3v) is 1.98. The van der Waals surface area contributed by atoms with Crippen molar-refractivity contribution in [2.75, 3.05) is 12.4 Å². The molecule has 0 saturated heterocycles. The maximum Gasteiger partial charge on any atom is 0.233 e. The lowest BCUT2D eigenvalue weighted by molar-refractivity contribution is 0.322. The van der Waals surface area contributed by atoms with Crippen LogP contribution in [0.15, 0.2) is 17.3 Å². The molecule has 1 aromatic heterocycles. The van der Waals surface area contributed by atoms with Crippen molar-refractivity contribution in [3.63, 3.8) is 0 Å². The Bertz CT molecular complexity index is 297. The van der Waals surface area contributed by atoms with Gasteiger partial charge in [0.15, 0.2) is 0 Å². The van der Waals surface area contributed by atoms with Gasteiger partial charge in [-0.1, -0.05) is 0 Å². The molecule has 0 fully saturated rings. The van der Waals surface area contributed by atoms with E-state index in [9.17, 15) is 0 Å². The Morgan fingerprint density at radius 2 is 2.50 bits per heavy atom. The number of aromatic nitrogens is 2. The summed E-state index contributed by atoms with van der Waals surface area (Å²) in [6, 6.07) is 3.56. The van der Waals surface area contributed by atoms with Gasteiger partial charge in [0.05, 0.1) is 6.61 Å². The second kappa shape index (κ2) is 4.70. The lowest BCUT2D eigenvalue weighted by atomic mass is 10.6. The van der Waals surface area contributed by atoms with Crippen molar-refractivity contribution in [3.8, 4) is 6.07 Å². The van der Waals surface area contributed by atoms with Crippen LogP contribution in [0.2, 0.25) is 0 Å². The summed E-state index contributed by atoms with van der Waals surface area (Å²) < 4.78 is 0. The Hall–Kier alpha value is -1.12. The molecule has 0 aliphatic rings. The van der Waals surface area contributed by atoms with Gasteiger partial charge in [-0.3, -0.25) is 0 Å². The maximum absolute atomic E-state index is 8.52. The van der Waals surface area contributed by atoms with Gasteiger partial charge in [-0.05, 0) is 6.07 Å². The van der Waals surface area contributed by atoms with Crippen LogP contribution in [0.25, 0.3) is 0 Å². The zero-order valence-electron chi connectivity index (χ0n) is 6.27. The molecule has 0 aliphatic carbocycles. The molecule has 5 heteroatoms. The Kier molecular flexibility index (Phi) is 3.51. The molecule has 0 saturated carbocycles. The highest BCUT2D eigenvalue weighted by atomic mass is 32.2. The number of nitrogens with zero attached hydrogens (tertiary/aromatic N) is 3. The molecule has 0 amide bonds. The highest BCUT2D eigenvalue weighted by Gasteiger charge is 1.97. The Labute approximate surface area is 74.3 Å². The van der Waals surface area contributed by atoms with Gasteiger partial charge in [-0.2, -0.15) is 5.26 Å². The molecule has 4 nitrogen and oxygen atoms in total. The number of hydrogen-bond acceptors (Lipinski definition) is 5. The molecule has 1 aromatic rings. The molecular weight excluding hydrogens is 174 g/mol. The molecule has 0 unspecified atom stereocenters. The van der Waals surface area contributed by atoms with Crippen LogP contribution in [0, 0.1) is 11.3 Å². The van der Waals surface area contributed by atoms with Crippen molar-refractivity contribution in [3.05, 3.63) is 18.1 Å². The number of hydrogen-bond donors (Lipinski definition) is 1. The number of thioether (sulfide) groups is 1. The van der Waals surface area contributed by atoms with Crippen LogP contribution in [0.3, 0.4) is 0 Å². The SMILES string of the molecule is N#Cc1nccc(SCCO)n1. The van der Waals surface area contributed by atoms with E-state index in [2.05, 4.69) is 9.97 Å². The number of aliphatic hydroxyl groups is 1. The first kappa shape index (κ1) is 8.97. The van der Waals surface area contributed by atoms with E-state index in [0.29, 0.717) is 5.75 Å². The molecule has 1 rings (SSSR count). The summed E-state index contributed by atoms with van der Waals surface area (Å²) in [5.74, 6) is 0.750. The van der Waals surface area contributed by atoms with Gasteiger partial charge in [0, 0.05) is 11.9 Å². The van der Waals surface area contributed by atoms with Gasteiger partial charge in [-0.15, -0.1) is 11.8 Å². The molecule has 0 aliphatic heterocycles. The second-order valence-corrected chi connectivity index (χ2v) is 3.02. The van der Waals surface area contributed by atoms with Gasteiger partial charge in [0.1, 0.15) is 11.1 Å². The zero-order chi connectivity index (χ0) is 8.81. The van der Waals surface area contributed by atoms with Crippen LogP contribution in [0.5, 0.6) is 0 Å². The summed E-state index contributed by atoms with van der Waals surface area (Å²) in [6.07, 6.45) is 1.53. The largest absolute Gasteiger partial charge is 0.396 e. The van der Waals surface area contributed by atoms with Crippen molar-refractivity contribution >= 4 is 11.8 Å². The molecule has 1 N–H and O–H groups in total. The van der Waals surface area contributed by atoms with E-state index in [1.165, 1.54) is 18.0 Å². The van der Waals surface area contributed by atoms with Crippen LogP contribution in [0.4, 0.5) is 0 Å². The van der Waals surface area contributed by atoms with Crippen molar-refractivity contribution < 1.29 is 5.11 Å². The zero-order valence-corrected chi connectivity index (χ0v) is 7.08. The lowest BCUT2D eigenvalue weighted by Crippen LogP contribution is -1.92. The van der Waals surface area contributed by atoms with Gasteiger partial charge in [0.2, 0.25) is 5.82 Å². The molecule has 1 heterocycles. The van der Waals surface area contributed by atoms with Crippen molar-refractivity contribution in [2.45, 2.75) is 5.03 Å². The highest BCUT2D eigenvalue weighted by Crippen LogP contribution is 2.12. The van der Waals surface area contributed by atoms with Crippen LogP contribution >= 0.6 is 11.8 Å². The van der Waals surface area contributed by atoms with E-state index < -0.39 is 0 Å². The fourth-order valence-corrected chi connectivity index (χ4v) is 1.24. The summed E-state index contributed by atoms with van der Waals surface area (Å²) in [7, 11) is 0. The van der Waals surface area contributed by atoms with Crippen LogP contribution < -0.4 is 0 Å². The first-order valence-corrected chi connectivity index (χ1v) is 4.32. The van der Waals surface area contributed by atoms with Gasteiger partial charge in [0.25, 0.3) is 0 Å². The minimum absolute atomic E-state index is 0.108. The average molecular weight is 181 g/mol. The third kappa shape index (κ3) is 2.49. The van der Waals surface area contributed by atoms with Gasteiger partial charge in [-0.25, -0.2) is 9.97 Å².